The smallest absolute Gasteiger partial charge is 0.335 e. The summed E-state index contributed by atoms with van der Waals surface area (Å²) in [5.41, 5.74) is 3.62. The van der Waals surface area contributed by atoms with Gasteiger partial charge in [0.1, 0.15) is 0 Å². The maximum atomic E-state index is 13.2. The van der Waals surface area contributed by atoms with Gasteiger partial charge in [-0.25, -0.2) is 4.79 Å². The molecule has 1 aliphatic carbocycles. The van der Waals surface area contributed by atoms with E-state index in [0.29, 0.717) is 27.8 Å². The van der Waals surface area contributed by atoms with E-state index in [1.807, 2.05) is 43.3 Å². The van der Waals surface area contributed by atoms with Crippen LogP contribution in [-0.2, 0) is 10.2 Å². The molecule has 0 unspecified atom stereocenters. The number of carboxylic acid groups (broad SMARTS) is 1. The van der Waals surface area contributed by atoms with E-state index in [0.717, 1.165) is 29.5 Å². The van der Waals surface area contributed by atoms with Crippen molar-refractivity contribution in [3.63, 3.8) is 0 Å². The Morgan fingerprint density at radius 1 is 0.969 bits per heavy atom. The molecule has 0 atom stereocenters. The van der Waals surface area contributed by atoms with Crippen LogP contribution in [-0.4, -0.2) is 23.8 Å². The molecule has 1 amide bonds. The van der Waals surface area contributed by atoms with Gasteiger partial charge < -0.3 is 19.9 Å². The minimum absolute atomic E-state index is 0.0708. The summed E-state index contributed by atoms with van der Waals surface area (Å²) in [4.78, 5) is 24.4. The summed E-state index contributed by atoms with van der Waals surface area (Å²) in [6, 6.07) is 15.9. The van der Waals surface area contributed by atoms with Crippen LogP contribution in [0.25, 0.3) is 11.1 Å². The summed E-state index contributed by atoms with van der Waals surface area (Å²) in [7, 11) is 0. The highest BCUT2D eigenvalue weighted by molar-refractivity contribution is 6.33. The number of carbonyl (C=O) groups is 2. The predicted molar refractivity (Wildman–Crippen MR) is 121 cm³/mol. The van der Waals surface area contributed by atoms with Crippen molar-refractivity contribution in [3.8, 4) is 22.6 Å². The lowest BCUT2D eigenvalue weighted by molar-refractivity contribution is -0.118. The summed E-state index contributed by atoms with van der Waals surface area (Å²) in [6.45, 7) is 2.14. The van der Waals surface area contributed by atoms with E-state index in [4.69, 9.17) is 21.1 Å². The zero-order valence-corrected chi connectivity index (χ0v) is 18.0. The maximum absolute atomic E-state index is 13.2. The number of amides is 1. The molecule has 0 spiro atoms. The molecule has 0 saturated heterocycles. The number of hydrogen-bond acceptors (Lipinski definition) is 4. The van der Waals surface area contributed by atoms with E-state index in [1.165, 1.54) is 12.1 Å². The predicted octanol–water partition coefficient (Wildman–Crippen LogP) is 5.41. The lowest BCUT2D eigenvalue weighted by Gasteiger charge is -2.17. The fraction of sp³-hybridized carbons (Fsp3) is 0.200. The van der Waals surface area contributed by atoms with Crippen LogP contribution in [0.3, 0.4) is 0 Å². The number of nitrogens with one attached hydrogen (secondary N) is 1. The zero-order chi connectivity index (χ0) is 22.5. The molecule has 3 aromatic carbocycles. The molecule has 0 bridgehead atoms. The summed E-state index contributed by atoms with van der Waals surface area (Å²) in [5.74, 6) is 0.255. The summed E-state index contributed by atoms with van der Waals surface area (Å²) >= 11 is 6.37. The minimum Gasteiger partial charge on any atom is -0.478 e. The second-order valence-electron chi connectivity index (χ2n) is 8.13. The standard InChI is InChI=1S/C25H20ClNO5/c1-14-2-5-17(12-19(14)18-6-3-15(23(28)29)10-20(18)26)27-24(30)25(8-9-25)16-4-7-21-22(11-16)32-13-31-21/h2-7,10-12H,8-9,13H2,1H3,(H,27,30)(H,28,29). The Bertz CT molecular complexity index is 1270. The Kier molecular flexibility index (Phi) is 4.82. The van der Waals surface area contributed by atoms with E-state index >= 15 is 0 Å². The fourth-order valence-electron chi connectivity index (χ4n) is 4.07. The highest BCUT2D eigenvalue weighted by Gasteiger charge is 2.51. The third kappa shape index (κ3) is 3.46. The molecular weight excluding hydrogens is 430 g/mol. The van der Waals surface area contributed by atoms with Gasteiger partial charge in [-0.3, -0.25) is 4.79 Å². The number of fused-ring (bicyclic) bond motifs is 1. The normalized spacial score (nSPS) is 15.3. The average molecular weight is 450 g/mol. The summed E-state index contributed by atoms with van der Waals surface area (Å²) in [6.07, 6.45) is 1.53. The highest BCUT2D eigenvalue weighted by atomic mass is 35.5. The number of aryl methyl sites for hydroxylation is 1. The summed E-state index contributed by atoms with van der Waals surface area (Å²) in [5, 5.41) is 12.6. The molecule has 3 aromatic rings. The number of halogens is 1. The third-order valence-corrected chi connectivity index (χ3v) is 6.42. The van der Waals surface area contributed by atoms with Crippen LogP contribution in [0.4, 0.5) is 5.69 Å². The molecule has 32 heavy (non-hydrogen) atoms. The number of anilines is 1. The Balaban J connectivity index is 1.42. The van der Waals surface area contributed by atoms with Gasteiger partial charge >= 0.3 is 5.97 Å². The monoisotopic (exact) mass is 449 g/mol. The van der Waals surface area contributed by atoms with Crippen LogP contribution < -0.4 is 14.8 Å². The molecule has 0 aromatic heterocycles. The number of hydrogen-bond donors (Lipinski definition) is 2. The van der Waals surface area contributed by atoms with Gasteiger partial charge in [-0.15, -0.1) is 0 Å². The van der Waals surface area contributed by atoms with Crippen LogP contribution in [0.2, 0.25) is 5.02 Å². The number of ether oxygens (including phenoxy) is 2. The van der Waals surface area contributed by atoms with E-state index < -0.39 is 11.4 Å². The molecule has 1 aliphatic heterocycles. The first-order valence-corrected chi connectivity index (χ1v) is 10.6. The number of rotatable bonds is 5. The lowest BCUT2D eigenvalue weighted by atomic mass is 9.94. The van der Waals surface area contributed by atoms with Crippen LogP contribution in [0.1, 0.15) is 34.3 Å². The van der Waals surface area contributed by atoms with Gasteiger partial charge in [-0.2, -0.15) is 0 Å². The van der Waals surface area contributed by atoms with Gasteiger partial charge in [0.15, 0.2) is 11.5 Å². The van der Waals surface area contributed by atoms with E-state index in [2.05, 4.69) is 5.32 Å². The molecule has 0 radical (unpaired) electrons. The highest BCUT2D eigenvalue weighted by Crippen LogP contribution is 2.51. The van der Waals surface area contributed by atoms with Crippen molar-refractivity contribution in [3.05, 3.63) is 76.3 Å². The fourth-order valence-corrected chi connectivity index (χ4v) is 4.36. The second-order valence-corrected chi connectivity index (χ2v) is 8.54. The van der Waals surface area contributed by atoms with E-state index in [9.17, 15) is 14.7 Å². The minimum atomic E-state index is -1.03. The maximum Gasteiger partial charge on any atom is 0.335 e. The van der Waals surface area contributed by atoms with Gasteiger partial charge in [0, 0.05) is 16.3 Å². The van der Waals surface area contributed by atoms with Crippen LogP contribution in [0, 0.1) is 6.92 Å². The second kappa shape index (κ2) is 7.57. The number of carboxylic acids is 1. The van der Waals surface area contributed by atoms with Crippen molar-refractivity contribution in [2.45, 2.75) is 25.2 Å². The van der Waals surface area contributed by atoms with Crippen molar-refractivity contribution in [2.75, 3.05) is 12.1 Å². The molecule has 1 saturated carbocycles. The van der Waals surface area contributed by atoms with Gasteiger partial charge in [0.25, 0.3) is 0 Å². The molecular formula is C25H20ClNO5. The molecule has 2 aliphatic rings. The van der Waals surface area contributed by atoms with E-state index in [1.54, 1.807) is 6.07 Å². The quantitative estimate of drug-likeness (QED) is 0.543. The van der Waals surface area contributed by atoms with Crippen LogP contribution in [0.15, 0.2) is 54.6 Å². The molecule has 5 rings (SSSR count). The molecule has 1 heterocycles. The third-order valence-electron chi connectivity index (χ3n) is 6.11. The van der Waals surface area contributed by atoms with Crippen LogP contribution >= 0.6 is 11.6 Å². The van der Waals surface area contributed by atoms with Crippen molar-refractivity contribution < 1.29 is 24.2 Å². The summed E-state index contributed by atoms with van der Waals surface area (Å²) < 4.78 is 10.8. The van der Waals surface area contributed by atoms with Crippen molar-refractivity contribution in [1.82, 2.24) is 0 Å². The first kappa shape index (κ1) is 20.4. The molecule has 1 fully saturated rings. The molecule has 2 N–H and O–H groups in total. The van der Waals surface area contributed by atoms with Crippen molar-refractivity contribution >= 4 is 29.2 Å². The first-order chi connectivity index (χ1) is 15.4. The Morgan fingerprint density at radius 3 is 2.47 bits per heavy atom. The van der Waals surface area contributed by atoms with Gasteiger partial charge in [0.2, 0.25) is 12.7 Å². The lowest BCUT2D eigenvalue weighted by Crippen LogP contribution is -2.27. The Hall–Kier alpha value is -3.51. The number of carbonyl (C=O) groups excluding carboxylic acids is 1. The largest absolute Gasteiger partial charge is 0.478 e. The SMILES string of the molecule is Cc1ccc(NC(=O)C2(c3ccc4c(c3)OCO4)CC2)cc1-c1ccc(C(=O)O)cc1Cl. The van der Waals surface area contributed by atoms with Crippen molar-refractivity contribution in [2.24, 2.45) is 0 Å². The Labute approximate surface area is 189 Å². The zero-order valence-electron chi connectivity index (χ0n) is 17.3. The van der Waals surface area contributed by atoms with Crippen molar-refractivity contribution in [1.29, 1.82) is 0 Å². The van der Waals surface area contributed by atoms with Gasteiger partial charge in [0.05, 0.1) is 11.0 Å². The molecule has 6 nitrogen and oxygen atoms in total. The van der Waals surface area contributed by atoms with Gasteiger partial charge in [-0.05, 0) is 72.9 Å². The Morgan fingerprint density at radius 2 is 1.75 bits per heavy atom. The van der Waals surface area contributed by atoms with Crippen LogP contribution in [0.5, 0.6) is 11.5 Å². The topological polar surface area (TPSA) is 84.9 Å². The van der Waals surface area contributed by atoms with Gasteiger partial charge in [-0.1, -0.05) is 29.8 Å². The first-order valence-electron chi connectivity index (χ1n) is 10.2. The number of benzene rings is 3. The molecule has 7 heteroatoms. The number of aromatic carboxylic acids is 1. The van der Waals surface area contributed by atoms with E-state index in [-0.39, 0.29) is 18.3 Å². The molecule has 162 valence electrons. The average Bonchev–Trinajstić information content (AvgIpc) is 3.46.